The van der Waals surface area contributed by atoms with Crippen LogP contribution in [0, 0.1) is 12.1 Å². The van der Waals surface area contributed by atoms with Gasteiger partial charge < -0.3 is 9.47 Å². The first kappa shape index (κ1) is 29.5. The van der Waals surface area contributed by atoms with E-state index in [2.05, 4.69) is 105 Å². The molecule has 4 aromatic carbocycles. The molecule has 0 saturated heterocycles. The van der Waals surface area contributed by atoms with Gasteiger partial charge in [0.05, 0.1) is 11.1 Å². The fourth-order valence-corrected chi connectivity index (χ4v) is 5.93. The molecule has 0 saturated carbocycles. The number of nitrogens with zero attached hydrogens (tertiary/aromatic N) is 2. The minimum atomic E-state index is -0.679. The van der Waals surface area contributed by atoms with Crippen molar-refractivity contribution in [1.29, 1.82) is 0 Å². The average Bonchev–Trinajstić information content (AvgIpc) is 3.33. The molecular formula is C39H30N2O2Pt. The summed E-state index contributed by atoms with van der Waals surface area (Å²) >= 11 is 0. The van der Waals surface area contributed by atoms with Crippen LogP contribution in [0.4, 0.5) is 0 Å². The molecule has 0 atom stereocenters. The van der Waals surface area contributed by atoms with E-state index in [-0.39, 0.29) is 26.5 Å². The number of benzene rings is 4. The molecule has 5 heteroatoms. The first-order valence-corrected chi connectivity index (χ1v) is 14.4. The predicted molar refractivity (Wildman–Crippen MR) is 169 cm³/mol. The van der Waals surface area contributed by atoms with Gasteiger partial charge in [0.1, 0.15) is 0 Å². The van der Waals surface area contributed by atoms with Crippen LogP contribution in [0.5, 0.6) is 23.3 Å². The Balaban J connectivity index is 0.00000343. The van der Waals surface area contributed by atoms with Gasteiger partial charge in [0.15, 0.2) is 0 Å². The van der Waals surface area contributed by atoms with Crippen LogP contribution in [0.25, 0.3) is 11.1 Å². The smallest absolute Gasteiger partial charge is 0.466 e. The van der Waals surface area contributed by atoms with E-state index in [1.165, 1.54) is 22.3 Å². The van der Waals surface area contributed by atoms with Crippen LogP contribution >= 0.6 is 0 Å². The summed E-state index contributed by atoms with van der Waals surface area (Å²) in [6.45, 7) is 6.63. The molecule has 0 amide bonds. The summed E-state index contributed by atoms with van der Waals surface area (Å²) in [7, 11) is 0. The summed E-state index contributed by atoms with van der Waals surface area (Å²) in [4.78, 5) is 9.53. The van der Waals surface area contributed by atoms with Gasteiger partial charge in [-0.1, -0.05) is 81.4 Å². The van der Waals surface area contributed by atoms with Crippen molar-refractivity contribution in [2.24, 2.45) is 0 Å². The van der Waals surface area contributed by atoms with E-state index in [0.717, 1.165) is 16.8 Å². The molecule has 218 valence electrons. The van der Waals surface area contributed by atoms with Gasteiger partial charge in [0, 0.05) is 29.8 Å². The van der Waals surface area contributed by atoms with Crippen molar-refractivity contribution in [3.63, 3.8) is 0 Å². The Morgan fingerprint density at radius 1 is 0.659 bits per heavy atom. The molecule has 0 spiro atoms. The Morgan fingerprint density at radius 2 is 1.30 bits per heavy atom. The van der Waals surface area contributed by atoms with E-state index in [1.54, 1.807) is 12.3 Å². The number of fused-ring (bicyclic) bond motifs is 3. The molecule has 4 nitrogen and oxygen atoms in total. The molecule has 2 aromatic heterocycles. The summed E-state index contributed by atoms with van der Waals surface area (Å²) in [5.41, 5.74) is 6.96. The van der Waals surface area contributed by atoms with Crippen molar-refractivity contribution < 1.29 is 30.5 Å². The van der Waals surface area contributed by atoms with Gasteiger partial charge in [0.25, 0.3) is 0 Å². The van der Waals surface area contributed by atoms with Crippen LogP contribution in [0.2, 0.25) is 0 Å². The Bertz CT molecular complexity index is 1870. The molecule has 0 N–H and O–H groups in total. The second-order valence-electron chi connectivity index (χ2n) is 11.7. The molecule has 1 aliphatic carbocycles. The number of ether oxygens (including phenoxy) is 2. The van der Waals surface area contributed by atoms with E-state index >= 15 is 0 Å². The first-order valence-electron chi connectivity index (χ1n) is 14.4. The van der Waals surface area contributed by atoms with Crippen molar-refractivity contribution in [2.45, 2.75) is 31.6 Å². The Kier molecular flexibility index (Phi) is 7.96. The van der Waals surface area contributed by atoms with Crippen LogP contribution in [0.1, 0.15) is 48.7 Å². The number of hydrogen-bond acceptors (Lipinski definition) is 4. The number of rotatable bonds is 6. The van der Waals surface area contributed by atoms with Gasteiger partial charge in [-0.3, -0.25) is 0 Å². The molecule has 7 rings (SSSR count). The number of aromatic nitrogens is 2. The maximum atomic E-state index is 6.47. The summed E-state index contributed by atoms with van der Waals surface area (Å²) in [6, 6.07) is 47.6. The molecule has 1 aliphatic rings. The average molecular weight is 754 g/mol. The summed E-state index contributed by atoms with van der Waals surface area (Å²) in [5.74, 6) is 2.00. The Labute approximate surface area is 273 Å². The van der Waals surface area contributed by atoms with Gasteiger partial charge in [0.2, 0.25) is 11.8 Å². The van der Waals surface area contributed by atoms with Gasteiger partial charge >= 0.3 is 21.1 Å². The largest absolute Gasteiger partial charge is 2.00 e. The predicted octanol–water partition coefficient (Wildman–Crippen LogP) is 9.32. The molecule has 0 fully saturated rings. The topological polar surface area (TPSA) is 44.2 Å². The fourth-order valence-electron chi connectivity index (χ4n) is 5.93. The first-order chi connectivity index (χ1) is 20.9. The van der Waals surface area contributed by atoms with E-state index in [1.807, 2.05) is 48.5 Å². The third kappa shape index (κ3) is 5.25. The van der Waals surface area contributed by atoms with Crippen molar-refractivity contribution in [3.05, 3.63) is 168 Å². The van der Waals surface area contributed by atoms with Gasteiger partial charge in [-0.05, 0) is 45.4 Å². The zero-order valence-corrected chi connectivity index (χ0v) is 26.9. The SMILES string of the molecule is CC(C)(C)c1cc(Oc2[c-]c(Oc3ccccn3)ccc2)nc(C2(c3[c-]cccc3)c3ccccc3-c3ccccc32)c1.[Pt+2]. The minimum absolute atomic E-state index is 0. The second-order valence-corrected chi connectivity index (χ2v) is 11.7. The van der Waals surface area contributed by atoms with Crippen molar-refractivity contribution in [2.75, 3.05) is 0 Å². The summed E-state index contributed by atoms with van der Waals surface area (Å²) < 4.78 is 12.4. The quantitative estimate of drug-likeness (QED) is 0.159. The van der Waals surface area contributed by atoms with E-state index < -0.39 is 5.41 Å². The second kappa shape index (κ2) is 11.9. The van der Waals surface area contributed by atoms with Crippen LogP contribution in [0.15, 0.2) is 128 Å². The number of hydrogen-bond donors (Lipinski definition) is 0. The van der Waals surface area contributed by atoms with E-state index in [9.17, 15) is 0 Å². The maximum absolute atomic E-state index is 6.47. The zero-order chi connectivity index (χ0) is 29.4. The standard InChI is InChI=1S/C39H30N2O2.Pt/c1-38(2,3)28-24-35(41-37(25-28)43-30-17-13-16-29(26-30)42-36-22-11-12-23-40-36)39(27-14-5-4-6-15-27)33-20-9-7-18-31(33)32-19-8-10-21-34(32)39;/h4-14,16-25H,1-3H3;/q-2;+2. The molecule has 0 bridgehead atoms. The molecular weight excluding hydrogens is 724 g/mol. The van der Waals surface area contributed by atoms with E-state index in [4.69, 9.17) is 14.5 Å². The molecule has 0 radical (unpaired) electrons. The maximum Gasteiger partial charge on any atom is 2.00 e. The van der Waals surface area contributed by atoms with Crippen LogP contribution in [-0.2, 0) is 31.9 Å². The van der Waals surface area contributed by atoms with Gasteiger partial charge in [-0.15, -0.1) is 17.7 Å². The molecule has 6 aromatic rings. The Hall–Kier alpha value is -4.53. The van der Waals surface area contributed by atoms with Gasteiger partial charge in [-0.25, -0.2) is 9.97 Å². The fraction of sp³-hybridized carbons (Fsp3) is 0.128. The molecule has 2 heterocycles. The minimum Gasteiger partial charge on any atom is -0.466 e. The van der Waals surface area contributed by atoms with Gasteiger partial charge in [-0.2, -0.15) is 36.4 Å². The molecule has 0 unspecified atom stereocenters. The normalized spacial score (nSPS) is 12.9. The number of pyridine rings is 2. The third-order valence-corrected chi connectivity index (χ3v) is 7.93. The van der Waals surface area contributed by atoms with Crippen molar-refractivity contribution in [3.8, 4) is 34.4 Å². The zero-order valence-electron chi connectivity index (χ0n) is 24.7. The Morgan fingerprint density at radius 3 is 1.91 bits per heavy atom. The molecule has 0 aliphatic heterocycles. The third-order valence-electron chi connectivity index (χ3n) is 7.93. The van der Waals surface area contributed by atoms with Crippen LogP contribution < -0.4 is 9.47 Å². The van der Waals surface area contributed by atoms with Crippen molar-refractivity contribution >= 4 is 0 Å². The van der Waals surface area contributed by atoms with E-state index in [0.29, 0.717) is 23.3 Å². The molecule has 44 heavy (non-hydrogen) atoms. The van der Waals surface area contributed by atoms with Crippen LogP contribution in [-0.4, -0.2) is 9.97 Å². The van der Waals surface area contributed by atoms with Crippen LogP contribution in [0.3, 0.4) is 0 Å². The van der Waals surface area contributed by atoms with Crippen molar-refractivity contribution in [1.82, 2.24) is 9.97 Å². The monoisotopic (exact) mass is 753 g/mol. The summed E-state index contributed by atoms with van der Waals surface area (Å²) in [5, 5.41) is 0. The summed E-state index contributed by atoms with van der Waals surface area (Å²) in [6.07, 6.45) is 1.69.